The second-order valence-corrected chi connectivity index (χ2v) is 6.37. The molecule has 140 valence electrons. The molecule has 4 rings (SSSR count). The zero-order valence-electron chi connectivity index (χ0n) is 15.6. The largest absolute Gasteiger partial charge is 0.468 e. The lowest BCUT2D eigenvalue weighted by Gasteiger charge is -2.08. The van der Waals surface area contributed by atoms with Crippen molar-refractivity contribution in [3.8, 4) is 22.5 Å². The molecular weight excluding hydrogens is 354 g/mol. The Hall–Kier alpha value is -3.67. The SMILES string of the molecule is COC(=O)CNc1ncnc2oc(-c3ccccc3)c(-c3ccc(C)cc3)c12. The molecule has 0 fully saturated rings. The van der Waals surface area contributed by atoms with Gasteiger partial charge in [-0.05, 0) is 12.5 Å². The van der Waals surface area contributed by atoms with Gasteiger partial charge in [0.05, 0.1) is 12.5 Å². The molecule has 6 nitrogen and oxygen atoms in total. The molecule has 0 aliphatic rings. The van der Waals surface area contributed by atoms with Crippen molar-refractivity contribution in [2.45, 2.75) is 6.92 Å². The molecule has 0 unspecified atom stereocenters. The summed E-state index contributed by atoms with van der Waals surface area (Å²) in [7, 11) is 1.35. The third kappa shape index (κ3) is 3.32. The molecule has 4 aromatic rings. The number of furan rings is 1. The van der Waals surface area contributed by atoms with Crippen molar-refractivity contribution in [3.05, 3.63) is 66.5 Å². The number of rotatable bonds is 5. The van der Waals surface area contributed by atoms with Crippen molar-refractivity contribution in [1.82, 2.24) is 9.97 Å². The van der Waals surface area contributed by atoms with E-state index in [0.717, 1.165) is 27.6 Å². The first kappa shape index (κ1) is 17.7. The fourth-order valence-electron chi connectivity index (χ4n) is 3.08. The van der Waals surface area contributed by atoms with Gasteiger partial charge in [0.1, 0.15) is 24.5 Å². The number of carbonyl (C=O) groups excluding carboxylic acids is 1. The molecule has 0 aliphatic heterocycles. The molecule has 6 heteroatoms. The normalized spacial score (nSPS) is 10.8. The number of esters is 1. The number of aryl methyl sites for hydroxylation is 1. The Morgan fingerprint density at radius 2 is 1.79 bits per heavy atom. The summed E-state index contributed by atoms with van der Waals surface area (Å²) in [5, 5.41) is 3.77. The van der Waals surface area contributed by atoms with Crippen LogP contribution in [0.15, 0.2) is 65.3 Å². The Morgan fingerprint density at radius 3 is 2.50 bits per heavy atom. The molecule has 0 aliphatic carbocycles. The lowest BCUT2D eigenvalue weighted by atomic mass is 9.98. The van der Waals surface area contributed by atoms with E-state index >= 15 is 0 Å². The topological polar surface area (TPSA) is 77.2 Å². The number of carbonyl (C=O) groups is 1. The number of fused-ring (bicyclic) bond motifs is 1. The van der Waals surface area contributed by atoms with Gasteiger partial charge in [-0.25, -0.2) is 9.97 Å². The van der Waals surface area contributed by atoms with Crippen LogP contribution in [0, 0.1) is 6.92 Å². The molecule has 0 spiro atoms. The summed E-state index contributed by atoms with van der Waals surface area (Å²) < 4.78 is 10.9. The fraction of sp³-hybridized carbons (Fsp3) is 0.136. The van der Waals surface area contributed by atoms with Gasteiger partial charge < -0.3 is 14.5 Å². The minimum Gasteiger partial charge on any atom is -0.468 e. The van der Waals surface area contributed by atoms with E-state index in [2.05, 4.69) is 15.3 Å². The van der Waals surface area contributed by atoms with Crippen molar-refractivity contribution in [3.63, 3.8) is 0 Å². The van der Waals surface area contributed by atoms with E-state index in [1.165, 1.54) is 13.4 Å². The summed E-state index contributed by atoms with van der Waals surface area (Å²) in [6, 6.07) is 18.1. The van der Waals surface area contributed by atoms with Gasteiger partial charge in [0.15, 0.2) is 0 Å². The van der Waals surface area contributed by atoms with Crippen molar-refractivity contribution >= 4 is 22.9 Å². The van der Waals surface area contributed by atoms with Gasteiger partial charge in [-0.1, -0.05) is 60.2 Å². The molecule has 2 heterocycles. The molecule has 2 aromatic heterocycles. The molecule has 0 atom stereocenters. The van der Waals surface area contributed by atoms with Crippen molar-refractivity contribution in [1.29, 1.82) is 0 Å². The molecule has 2 aromatic carbocycles. The summed E-state index contributed by atoms with van der Waals surface area (Å²) in [5.41, 5.74) is 4.43. The van der Waals surface area contributed by atoms with Gasteiger partial charge in [-0.15, -0.1) is 0 Å². The van der Waals surface area contributed by atoms with E-state index in [9.17, 15) is 4.79 Å². The van der Waals surface area contributed by atoms with Crippen LogP contribution < -0.4 is 5.32 Å². The predicted molar refractivity (Wildman–Crippen MR) is 108 cm³/mol. The van der Waals surface area contributed by atoms with Gasteiger partial charge in [-0.2, -0.15) is 0 Å². The average molecular weight is 373 g/mol. The molecule has 0 bridgehead atoms. The average Bonchev–Trinajstić information content (AvgIpc) is 3.13. The highest BCUT2D eigenvalue weighted by atomic mass is 16.5. The van der Waals surface area contributed by atoms with Crippen LogP contribution in [0.4, 0.5) is 5.82 Å². The van der Waals surface area contributed by atoms with E-state index in [4.69, 9.17) is 9.15 Å². The fourth-order valence-corrected chi connectivity index (χ4v) is 3.08. The van der Waals surface area contributed by atoms with Crippen molar-refractivity contribution < 1.29 is 13.9 Å². The highest BCUT2D eigenvalue weighted by molar-refractivity contribution is 6.06. The predicted octanol–water partition coefficient (Wildman–Crippen LogP) is 4.45. The number of hydrogen-bond donors (Lipinski definition) is 1. The smallest absolute Gasteiger partial charge is 0.325 e. The molecule has 0 radical (unpaired) electrons. The Kier molecular flexibility index (Phi) is 4.76. The quantitative estimate of drug-likeness (QED) is 0.521. The van der Waals surface area contributed by atoms with E-state index in [-0.39, 0.29) is 12.5 Å². The van der Waals surface area contributed by atoms with Crippen LogP contribution in [-0.4, -0.2) is 29.6 Å². The van der Waals surface area contributed by atoms with E-state index in [0.29, 0.717) is 17.3 Å². The van der Waals surface area contributed by atoms with E-state index in [1.54, 1.807) is 0 Å². The van der Waals surface area contributed by atoms with Gasteiger partial charge >= 0.3 is 5.97 Å². The highest BCUT2D eigenvalue weighted by Crippen LogP contribution is 2.42. The summed E-state index contributed by atoms with van der Waals surface area (Å²) in [4.78, 5) is 20.2. The number of anilines is 1. The van der Waals surface area contributed by atoms with Crippen LogP contribution in [0.5, 0.6) is 0 Å². The number of nitrogens with one attached hydrogen (secondary N) is 1. The van der Waals surface area contributed by atoms with Crippen LogP contribution in [0.3, 0.4) is 0 Å². The molecule has 0 amide bonds. The standard InChI is InChI=1S/C22H19N3O3/c1-14-8-10-15(11-9-14)18-19-21(23-12-17(26)27-2)24-13-25-22(19)28-20(18)16-6-4-3-5-7-16/h3-11,13H,12H2,1-2H3,(H,23,24,25). The first-order valence-corrected chi connectivity index (χ1v) is 8.88. The van der Waals surface area contributed by atoms with Crippen molar-refractivity contribution in [2.24, 2.45) is 0 Å². The molecular formula is C22H19N3O3. The number of benzene rings is 2. The maximum absolute atomic E-state index is 11.6. The van der Waals surface area contributed by atoms with Gasteiger partial charge in [0.25, 0.3) is 0 Å². The summed E-state index contributed by atoms with van der Waals surface area (Å²) in [6.07, 6.45) is 1.42. The minimum absolute atomic E-state index is 0.00179. The Morgan fingerprint density at radius 1 is 1.04 bits per heavy atom. The first-order chi connectivity index (χ1) is 13.7. The lowest BCUT2D eigenvalue weighted by Crippen LogP contribution is -2.15. The first-order valence-electron chi connectivity index (χ1n) is 8.88. The Labute approximate surface area is 162 Å². The van der Waals surface area contributed by atoms with Crippen LogP contribution in [0.25, 0.3) is 33.6 Å². The van der Waals surface area contributed by atoms with Crippen LogP contribution >= 0.6 is 0 Å². The van der Waals surface area contributed by atoms with Crippen LogP contribution in [0.2, 0.25) is 0 Å². The maximum atomic E-state index is 11.6. The van der Waals surface area contributed by atoms with Gasteiger partial charge in [0.2, 0.25) is 5.71 Å². The Balaban J connectivity index is 1.95. The molecule has 0 saturated carbocycles. The van der Waals surface area contributed by atoms with E-state index < -0.39 is 0 Å². The monoisotopic (exact) mass is 373 g/mol. The van der Waals surface area contributed by atoms with Gasteiger partial charge in [-0.3, -0.25) is 4.79 Å². The lowest BCUT2D eigenvalue weighted by molar-refractivity contribution is -0.138. The zero-order chi connectivity index (χ0) is 19.5. The second kappa shape index (κ2) is 7.52. The third-order valence-corrected chi connectivity index (χ3v) is 4.49. The van der Waals surface area contributed by atoms with Crippen molar-refractivity contribution in [2.75, 3.05) is 19.0 Å². The summed E-state index contributed by atoms with van der Waals surface area (Å²) in [6.45, 7) is 2.05. The number of nitrogens with zero attached hydrogens (tertiary/aromatic N) is 2. The number of hydrogen-bond acceptors (Lipinski definition) is 6. The van der Waals surface area contributed by atoms with E-state index in [1.807, 2.05) is 61.5 Å². The zero-order valence-corrected chi connectivity index (χ0v) is 15.6. The maximum Gasteiger partial charge on any atom is 0.325 e. The minimum atomic E-state index is -0.379. The second-order valence-electron chi connectivity index (χ2n) is 6.37. The summed E-state index contributed by atoms with van der Waals surface area (Å²) >= 11 is 0. The highest BCUT2D eigenvalue weighted by Gasteiger charge is 2.22. The number of methoxy groups -OCH3 is 1. The molecule has 1 N–H and O–H groups in total. The third-order valence-electron chi connectivity index (χ3n) is 4.49. The molecule has 0 saturated heterocycles. The summed E-state index contributed by atoms with van der Waals surface area (Å²) in [5.74, 6) is 0.855. The number of aromatic nitrogens is 2. The van der Waals surface area contributed by atoms with Gasteiger partial charge in [0, 0.05) is 11.1 Å². The van der Waals surface area contributed by atoms with Crippen LogP contribution in [0.1, 0.15) is 5.56 Å². The van der Waals surface area contributed by atoms with Crippen LogP contribution in [-0.2, 0) is 9.53 Å². The Bertz CT molecular complexity index is 1120. The molecule has 28 heavy (non-hydrogen) atoms. The number of ether oxygens (including phenoxy) is 1.